The molecule has 6 heteroatoms. The van der Waals surface area contributed by atoms with Gasteiger partial charge in [0.15, 0.2) is 0 Å². The molecule has 3 N–H and O–H groups in total. The number of hydrogen-bond donors (Lipinski definition) is 2. The van der Waals surface area contributed by atoms with Gasteiger partial charge < -0.3 is 11.1 Å². The van der Waals surface area contributed by atoms with E-state index in [1.54, 1.807) is 12.1 Å². The Hall–Kier alpha value is -1.78. The number of nitrogen functional groups attached to an aromatic ring is 1. The predicted molar refractivity (Wildman–Crippen MR) is 75.2 cm³/mol. The Bertz CT molecular complexity index is 647. The van der Waals surface area contributed by atoms with Gasteiger partial charge in [-0.3, -0.25) is 4.79 Å². The van der Waals surface area contributed by atoms with Crippen molar-refractivity contribution in [3.63, 3.8) is 0 Å². The Morgan fingerprint density at radius 1 is 1.11 bits per heavy atom. The molecular weight excluding hydrogens is 290 g/mol. The predicted octanol–water partition coefficient (Wildman–Crippen LogP) is 3.97. The number of anilines is 2. The molecule has 2 rings (SSSR count). The third-order valence-corrected chi connectivity index (χ3v) is 3.03. The van der Waals surface area contributed by atoms with Crippen LogP contribution in [0.1, 0.15) is 10.4 Å². The molecule has 0 spiro atoms. The van der Waals surface area contributed by atoms with Gasteiger partial charge in [-0.2, -0.15) is 0 Å². The second-order valence-corrected chi connectivity index (χ2v) is 4.64. The van der Waals surface area contributed by atoms with E-state index in [-0.39, 0.29) is 10.6 Å². The minimum absolute atomic E-state index is 0.115. The van der Waals surface area contributed by atoms with Crippen molar-refractivity contribution in [1.29, 1.82) is 0 Å². The summed E-state index contributed by atoms with van der Waals surface area (Å²) in [6.45, 7) is 0. The van der Waals surface area contributed by atoms with Crippen LogP contribution < -0.4 is 11.1 Å². The highest BCUT2D eigenvalue weighted by Gasteiger charge is 2.10. The van der Waals surface area contributed by atoms with Gasteiger partial charge in [0.1, 0.15) is 5.82 Å². The molecule has 3 nitrogen and oxygen atoms in total. The lowest BCUT2D eigenvalue weighted by Gasteiger charge is -2.08. The van der Waals surface area contributed by atoms with Crippen LogP contribution in [0.4, 0.5) is 15.8 Å². The SMILES string of the molecule is Nc1ccc(NC(=O)c2ccc(F)c(Cl)c2)c(Cl)c1. The number of hydrogen-bond acceptors (Lipinski definition) is 2. The molecule has 98 valence electrons. The fourth-order valence-electron chi connectivity index (χ4n) is 1.46. The number of nitrogens with two attached hydrogens (primary N) is 1. The summed E-state index contributed by atoms with van der Waals surface area (Å²) in [5, 5.41) is 2.80. The minimum Gasteiger partial charge on any atom is -0.399 e. The fraction of sp³-hybridized carbons (Fsp3) is 0. The monoisotopic (exact) mass is 298 g/mol. The van der Waals surface area contributed by atoms with E-state index in [9.17, 15) is 9.18 Å². The highest BCUT2D eigenvalue weighted by atomic mass is 35.5. The molecule has 0 saturated heterocycles. The highest BCUT2D eigenvalue weighted by molar-refractivity contribution is 6.34. The molecule has 0 fully saturated rings. The minimum atomic E-state index is -0.580. The Morgan fingerprint density at radius 3 is 2.47 bits per heavy atom. The van der Waals surface area contributed by atoms with Gasteiger partial charge in [-0.25, -0.2) is 4.39 Å². The van der Waals surface area contributed by atoms with Crippen molar-refractivity contribution in [1.82, 2.24) is 0 Å². The summed E-state index contributed by atoms with van der Waals surface area (Å²) in [5.41, 5.74) is 6.70. The van der Waals surface area contributed by atoms with Crippen molar-refractivity contribution in [3.05, 3.63) is 57.8 Å². The van der Waals surface area contributed by atoms with Crippen LogP contribution in [-0.4, -0.2) is 5.91 Å². The Kier molecular flexibility index (Phi) is 3.93. The van der Waals surface area contributed by atoms with Gasteiger partial charge in [0.05, 0.1) is 15.7 Å². The topological polar surface area (TPSA) is 55.1 Å². The Balaban J connectivity index is 2.23. The van der Waals surface area contributed by atoms with E-state index in [1.807, 2.05) is 0 Å². The lowest BCUT2D eigenvalue weighted by atomic mass is 10.2. The van der Waals surface area contributed by atoms with Crippen molar-refractivity contribution < 1.29 is 9.18 Å². The molecule has 2 aromatic carbocycles. The average molecular weight is 299 g/mol. The van der Waals surface area contributed by atoms with Gasteiger partial charge >= 0.3 is 0 Å². The summed E-state index contributed by atoms with van der Waals surface area (Å²) in [5.74, 6) is -1.02. The smallest absolute Gasteiger partial charge is 0.255 e. The molecule has 0 radical (unpaired) electrons. The highest BCUT2D eigenvalue weighted by Crippen LogP contribution is 2.25. The lowest BCUT2D eigenvalue weighted by Crippen LogP contribution is -2.12. The number of carbonyl (C=O) groups is 1. The van der Waals surface area contributed by atoms with Crippen LogP contribution in [0.5, 0.6) is 0 Å². The van der Waals surface area contributed by atoms with E-state index in [0.29, 0.717) is 16.4 Å². The molecule has 0 atom stereocenters. The van der Waals surface area contributed by atoms with Crippen LogP contribution in [-0.2, 0) is 0 Å². The lowest BCUT2D eigenvalue weighted by molar-refractivity contribution is 0.102. The van der Waals surface area contributed by atoms with Crippen LogP contribution in [0, 0.1) is 5.82 Å². The summed E-state index contributed by atoms with van der Waals surface area (Å²) in [6.07, 6.45) is 0. The van der Waals surface area contributed by atoms with Gasteiger partial charge in [0.2, 0.25) is 0 Å². The second kappa shape index (κ2) is 5.47. The van der Waals surface area contributed by atoms with Crippen molar-refractivity contribution in [3.8, 4) is 0 Å². The maximum absolute atomic E-state index is 13.0. The van der Waals surface area contributed by atoms with E-state index in [0.717, 1.165) is 6.07 Å². The zero-order valence-electron chi connectivity index (χ0n) is 9.58. The van der Waals surface area contributed by atoms with Crippen LogP contribution in [0.2, 0.25) is 10.0 Å². The molecule has 0 aliphatic carbocycles. The number of amides is 1. The molecule has 19 heavy (non-hydrogen) atoms. The molecule has 0 unspecified atom stereocenters. The molecule has 2 aromatic rings. The number of benzene rings is 2. The maximum atomic E-state index is 13.0. The van der Waals surface area contributed by atoms with Crippen molar-refractivity contribution in [2.45, 2.75) is 0 Å². The maximum Gasteiger partial charge on any atom is 0.255 e. The van der Waals surface area contributed by atoms with Crippen LogP contribution >= 0.6 is 23.2 Å². The standard InChI is InChI=1S/C13H9Cl2FN2O/c14-9-5-7(1-3-11(9)16)13(19)18-12-4-2-8(17)6-10(12)15/h1-6H,17H2,(H,18,19). The third-order valence-electron chi connectivity index (χ3n) is 2.42. The number of halogens is 3. The van der Waals surface area contributed by atoms with E-state index < -0.39 is 11.7 Å². The fourth-order valence-corrected chi connectivity index (χ4v) is 1.88. The second-order valence-electron chi connectivity index (χ2n) is 3.82. The van der Waals surface area contributed by atoms with Crippen LogP contribution in [0.3, 0.4) is 0 Å². The van der Waals surface area contributed by atoms with E-state index in [1.165, 1.54) is 18.2 Å². The third kappa shape index (κ3) is 3.16. The number of carbonyl (C=O) groups excluding carboxylic acids is 1. The molecule has 1 amide bonds. The quantitative estimate of drug-likeness (QED) is 0.824. The Morgan fingerprint density at radius 2 is 1.84 bits per heavy atom. The van der Waals surface area contributed by atoms with Gasteiger partial charge in [0, 0.05) is 11.3 Å². The molecule has 0 aliphatic rings. The van der Waals surface area contributed by atoms with E-state index in [2.05, 4.69) is 5.32 Å². The first-order valence-corrected chi connectivity index (χ1v) is 6.04. The van der Waals surface area contributed by atoms with Gasteiger partial charge in [-0.05, 0) is 36.4 Å². The van der Waals surface area contributed by atoms with Crippen molar-refractivity contribution >= 4 is 40.5 Å². The summed E-state index contributed by atoms with van der Waals surface area (Å²) in [4.78, 5) is 11.9. The summed E-state index contributed by atoms with van der Waals surface area (Å²) in [6, 6.07) is 8.43. The zero-order valence-corrected chi connectivity index (χ0v) is 11.1. The van der Waals surface area contributed by atoms with Crippen LogP contribution in [0.15, 0.2) is 36.4 Å². The normalized spacial score (nSPS) is 10.3. The van der Waals surface area contributed by atoms with Crippen molar-refractivity contribution in [2.75, 3.05) is 11.1 Å². The zero-order chi connectivity index (χ0) is 14.0. The number of rotatable bonds is 2. The van der Waals surface area contributed by atoms with E-state index in [4.69, 9.17) is 28.9 Å². The van der Waals surface area contributed by atoms with Gasteiger partial charge in [0.25, 0.3) is 5.91 Å². The summed E-state index contributed by atoms with van der Waals surface area (Å²) < 4.78 is 13.0. The Labute approximate surface area is 119 Å². The average Bonchev–Trinajstić information content (AvgIpc) is 2.36. The first kappa shape index (κ1) is 13.6. The molecular formula is C13H9Cl2FN2O. The summed E-state index contributed by atoms with van der Waals surface area (Å²) in [7, 11) is 0. The molecule has 0 heterocycles. The molecule has 0 aliphatic heterocycles. The van der Waals surface area contributed by atoms with Crippen LogP contribution in [0.25, 0.3) is 0 Å². The van der Waals surface area contributed by atoms with Gasteiger partial charge in [-0.1, -0.05) is 23.2 Å². The first-order valence-electron chi connectivity index (χ1n) is 5.29. The number of nitrogens with one attached hydrogen (secondary N) is 1. The molecule has 0 bridgehead atoms. The molecule has 0 aromatic heterocycles. The van der Waals surface area contributed by atoms with Crippen molar-refractivity contribution in [2.24, 2.45) is 0 Å². The molecule has 0 saturated carbocycles. The van der Waals surface area contributed by atoms with Gasteiger partial charge in [-0.15, -0.1) is 0 Å². The summed E-state index contributed by atoms with van der Waals surface area (Å²) >= 11 is 11.6. The first-order chi connectivity index (χ1) is 8.97. The van der Waals surface area contributed by atoms with E-state index >= 15 is 0 Å². The largest absolute Gasteiger partial charge is 0.399 e.